The fourth-order valence-electron chi connectivity index (χ4n) is 1.15. The van der Waals surface area contributed by atoms with E-state index < -0.39 is 0 Å². The van der Waals surface area contributed by atoms with Gasteiger partial charge in [-0.05, 0) is 26.5 Å². The minimum Gasteiger partial charge on any atom is -0.330 e. The third kappa shape index (κ3) is 1.80. The van der Waals surface area contributed by atoms with Gasteiger partial charge in [-0.1, -0.05) is 0 Å². The molecule has 0 amide bonds. The Bertz CT molecular complexity index is 215. The standard InChI is InChI=1S/C8H15N3/c1-7(2)11-8(3-5-9)4-6-10-11/h4,6-7H,3,5,9H2,1-2H3. The first-order valence-electron chi connectivity index (χ1n) is 3.98. The van der Waals surface area contributed by atoms with E-state index in [9.17, 15) is 0 Å². The van der Waals surface area contributed by atoms with E-state index in [-0.39, 0.29) is 0 Å². The van der Waals surface area contributed by atoms with Gasteiger partial charge >= 0.3 is 0 Å². The van der Waals surface area contributed by atoms with Crippen molar-refractivity contribution in [2.45, 2.75) is 26.3 Å². The molecule has 0 saturated heterocycles. The van der Waals surface area contributed by atoms with Gasteiger partial charge in [-0.15, -0.1) is 0 Å². The zero-order valence-corrected chi connectivity index (χ0v) is 7.12. The van der Waals surface area contributed by atoms with E-state index in [2.05, 4.69) is 18.9 Å². The zero-order chi connectivity index (χ0) is 8.27. The maximum absolute atomic E-state index is 5.45. The van der Waals surface area contributed by atoms with Crippen molar-refractivity contribution >= 4 is 0 Å². The SMILES string of the molecule is CC(C)n1nccc1CCN. The van der Waals surface area contributed by atoms with E-state index >= 15 is 0 Å². The number of hydrogen-bond donors (Lipinski definition) is 1. The number of hydrogen-bond acceptors (Lipinski definition) is 2. The van der Waals surface area contributed by atoms with Gasteiger partial charge in [0.2, 0.25) is 0 Å². The second-order valence-corrected chi connectivity index (χ2v) is 2.90. The van der Waals surface area contributed by atoms with Crippen molar-refractivity contribution in [3.63, 3.8) is 0 Å². The van der Waals surface area contributed by atoms with Crippen LogP contribution in [0.25, 0.3) is 0 Å². The fraction of sp³-hybridized carbons (Fsp3) is 0.625. The van der Waals surface area contributed by atoms with Gasteiger partial charge in [0.1, 0.15) is 0 Å². The highest BCUT2D eigenvalue weighted by atomic mass is 15.3. The molecule has 0 radical (unpaired) electrons. The largest absolute Gasteiger partial charge is 0.330 e. The summed E-state index contributed by atoms with van der Waals surface area (Å²) in [5.74, 6) is 0. The third-order valence-electron chi connectivity index (χ3n) is 1.64. The van der Waals surface area contributed by atoms with Crippen molar-refractivity contribution in [2.75, 3.05) is 6.54 Å². The summed E-state index contributed by atoms with van der Waals surface area (Å²) in [7, 11) is 0. The van der Waals surface area contributed by atoms with Gasteiger partial charge in [0.05, 0.1) is 0 Å². The molecule has 0 aliphatic heterocycles. The molecule has 2 N–H and O–H groups in total. The average Bonchev–Trinajstić information content (AvgIpc) is 2.36. The minimum atomic E-state index is 0.437. The van der Waals surface area contributed by atoms with E-state index in [0.717, 1.165) is 6.42 Å². The summed E-state index contributed by atoms with van der Waals surface area (Å²) in [6.07, 6.45) is 2.74. The number of aromatic nitrogens is 2. The molecular weight excluding hydrogens is 138 g/mol. The molecule has 0 unspecified atom stereocenters. The normalized spacial score (nSPS) is 10.9. The first-order chi connectivity index (χ1) is 5.25. The molecule has 11 heavy (non-hydrogen) atoms. The number of nitrogens with zero attached hydrogens (tertiary/aromatic N) is 2. The van der Waals surface area contributed by atoms with E-state index in [0.29, 0.717) is 12.6 Å². The van der Waals surface area contributed by atoms with Crippen LogP contribution >= 0.6 is 0 Å². The molecule has 1 heterocycles. The van der Waals surface area contributed by atoms with Crippen molar-refractivity contribution in [1.82, 2.24) is 9.78 Å². The highest BCUT2D eigenvalue weighted by molar-refractivity contribution is 5.01. The molecule has 0 aromatic carbocycles. The van der Waals surface area contributed by atoms with Crippen molar-refractivity contribution in [1.29, 1.82) is 0 Å². The smallest absolute Gasteiger partial charge is 0.0492 e. The molecule has 0 spiro atoms. The Hall–Kier alpha value is -0.830. The van der Waals surface area contributed by atoms with Crippen LogP contribution in [0.2, 0.25) is 0 Å². The van der Waals surface area contributed by atoms with Crippen LogP contribution in [0, 0.1) is 0 Å². The monoisotopic (exact) mass is 153 g/mol. The van der Waals surface area contributed by atoms with E-state index in [1.54, 1.807) is 0 Å². The maximum Gasteiger partial charge on any atom is 0.0492 e. The lowest BCUT2D eigenvalue weighted by molar-refractivity contribution is 0.509. The number of nitrogens with two attached hydrogens (primary N) is 1. The van der Waals surface area contributed by atoms with Crippen molar-refractivity contribution in [2.24, 2.45) is 5.73 Å². The average molecular weight is 153 g/mol. The first-order valence-corrected chi connectivity index (χ1v) is 3.98. The van der Waals surface area contributed by atoms with E-state index in [1.165, 1.54) is 5.69 Å². The van der Waals surface area contributed by atoms with Crippen LogP contribution in [0.1, 0.15) is 25.6 Å². The second kappa shape index (κ2) is 3.53. The predicted molar refractivity (Wildman–Crippen MR) is 45.4 cm³/mol. The van der Waals surface area contributed by atoms with Gasteiger partial charge in [0.25, 0.3) is 0 Å². The molecule has 0 aliphatic rings. The van der Waals surface area contributed by atoms with Crippen LogP contribution in [0.3, 0.4) is 0 Å². The molecule has 1 aromatic heterocycles. The first kappa shape index (κ1) is 8.27. The van der Waals surface area contributed by atoms with Gasteiger partial charge in [-0.2, -0.15) is 5.10 Å². The summed E-state index contributed by atoms with van der Waals surface area (Å²) in [5.41, 5.74) is 6.67. The molecule has 0 atom stereocenters. The highest BCUT2D eigenvalue weighted by Crippen LogP contribution is 2.07. The maximum atomic E-state index is 5.45. The van der Waals surface area contributed by atoms with E-state index in [1.807, 2.05) is 16.9 Å². The molecule has 0 aliphatic carbocycles. The Labute approximate surface area is 67.2 Å². The van der Waals surface area contributed by atoms with Gasteiger partial charge in [0.15, 0.2) is 0 Å². The molecule has 0 saturated carbocycles. The van der Waals surface area contributed by atoms with Gasteiger partial charge in [-0.25, -0.2) is 0 Å². The third-order valence-corrected chi connectivity index (χ3v) is 1.64. The molecular formula is C8H15N3. The predicted octanol–water partition coefficient (Wildman–Crippen LogP) is 0.965. The van der Waals surface area contributed by atoms with Crippen molar-refractivity contribution in [3.05, 3.63) is 18.0 Å². The van der Waals surface area contributed by atoms with Crippen LogP contribution in [0.4, 0.5) is 0 Å². The molecule has 3 heteroatoms. The summed E-state index contributed by atoms with van der Waals surface area (Å²) in [6, 6.07) is 2.46. The molecule has 0 bridgehead atoms. The second-order valence-electron chi connectivity index (χ2n) is 2.90. The zero-order valence-electron chi connectivity index (χ0n) is 7.12. The Morgan fingerprint density at radius 3 is 2.91 bits per heavy atom. The van der Waals surface area contributed by atoms with Crippen molar-refractivity contribution in [3.8, 4) is 0 Å². The van der Waals surface area contributed by atoms with Crippen LogP contribution in [0.15, 0.2) is 12.3 Å². The quantitative estimate of drug-likeness (QED) is 0.703. The van der Waals surface area contributed by atoms with E-state index in [4.69, 9.17) is 5.73 Å². The lowest BCUT2D eigenvalue weighted by Crippen LogP contribution is -2.11. The highest BCUT2D eigenvalue weighted by Gasteiger charge is 2.03. The van der Waals surface area contributed by atoms with Crippen LogP contribution in [0.5, 0.6) is 0 Å². The Kier molecular flexibility index (Phi) is 2.65. The molecule has 3 nitrogen and oxygen atoms in total. The summed E-state index contributed by atoms with van der Waals surface area (Å²) < 4.78 is 2.01. The lowest BCUT2D eigenvalue weighted by atomic mass is 10.3. The number of rotatable bonds is 3. The van der Waals surface area contributed by atoms with Crippen LogP contribution < -0.4 is 5.73 Å². The van der Waals surface area contributed by atoms with Crippen LogP contribution in [-0.2, 0) is 6.42 Å². The Balaban J connectivity index is 2.78. The summed E-state index contributed by atoms with van der Waals surface area (Å²) >= 11 is 0. The topological polar surface area (TPSA) is 43.8 Å². The van der Waals surface area contributed by atoms with Gasteiger partial charge in [-0.3, -0.25) is 4.68 Å². The summed E-state index contributed by atoms with van der Waals surface area (Å²) in [6.45, 7) is 4.93. The molecule has 1 aromatic rings. The summed E-state index contributed by atoms with van der Waals surface area (Å²) in [4.78, 5) is 0. The van der Waals surface area contributed by atoms with Gasteiger partial charge in [0, 0.05) is 24.4 Å². The van der Waals surface area contributed by atoms with Crippen LogP contribution in [-0.4, -0.2) is 16.3 Å². The Morgan fingerprint density at radius 2 is 2.36 bits per heavy atom. The fourth-order valence-corrected chi connectivity index (χ4v) is 1.15. The van der Waals surface area contributed by atoms with Gasteiger partial charge < -0.3 is 5.73 Å². The van der Waals surface area contributed by atoms with Crippen molar-refractivity contribution < 1.29 is 0 Å². The Morgan fingerprint density at radius 1 is 1.64 bits per heavy atom. The minimum absolute atomic E-state index is 0.437. The molecule has 0 fully saturated rings. The molecule has 1 rings (SSSR count). The lowest BCUT2D eigenvalue weighted by Gasteiger charge is -2.09. The summed E-state index contributed by atoms with van der Waals surface area (Å²) in [5, 5.41) is 4.20. The molecule has 62 valence electrons.